The second-order valence-electron chi connectivity index (χ2n) is 2.36. The van der Waals surface area contributed by atoms with Gasteiger partial charge in [-0.3, -0.25) is 0 Å². The molecule has 1 aromatic carbocycles. The number of hydrogen-bond acceptors (Lipinski definition) is 2. The molecule has 0 bridgehead atoms. The molecular formula is C8H5ClN2O. The Labute approximate surface area is 73.8 Å². The summed E-state index contributed by atoms with van der Waals surface area (Å²) in [5.41, 5.74) is 1.14. The Balaban J connectivity index is 2.91. The SMILES string of the molecule is [O-][n+]1c(Cl)cnc2ccccc21. The third-order valence-electron chi connectivity index (χ3n) is 1.60. The number of nitrogens with zero attached hydrogens (tertiary/aromatic N) is 2. The van der Waals surface area contributed by atoms with Gasteiger partial charge in [0.25, 0.3) is 0 Å². The maximum absolute atomic E-state index is 11.3. The van der Waals surface area contributed by atoms with Crippen molar-refractivity contribution in [2.24, 2.45) is 0 Å². The lowest BCUT2D eigenvalue weighted by Gasteiger charge is -2.00. The van der Waals surface area contributed by atoms with Gasteiger partial charge in [-0.25, -0.2) is 4.98 Å². The summed E-state index contributed by atoms with van der Waals surface area (Å²) >= 11 is 5.58. The first-order chi connectivity index (χ1) is 5.79. The molecule has 0 amide bonds. The normalized spacial score (nSPS) is 10.4. The summed E-state index contributed by atoms with van der Waals surface area (Å²) in [7, 11) is 0. The van der Waals surface area contributed by atoms with Gasteiger partial charge in [0.05, 0.1) is 0 Å². The lowest BCUT2D eigenvalue weighted by Crippen LogP contribution is -2.28. The van der Waals surface area contributed by atoms with Gasteiger partial charge in [-0.15, -0.1) is 0 Å². The van der Waals surface area contributed by atoms with Crippen molar-refractivity contribution >= 4 is 22.6 Å². The molecule has 0 spiro atoms. The van der Waals surface area contributed by atoms with E-state index in [4.69, 9.17) is 11.6 Å². The molecule has 0 unspecified atom stereocenters. The topological polar surface area (TPSA) is 39.8 Å². The van der Waals surface area contributed by atoms with Crippen LogP contribution in [-0.4, -0.2) is 4.98 Å². The van der Waals surface area contributed by atoms with Crippen LogP contribution in [0.3, 0.4) is 0 Å². The molecular weight excluding hydrogens is 176 g/mol. The maximum Gasteiger partial charge on any atom is 0.305 e. The van der Waals surface area contributed by atoms with Gasteiger partial charge < -0.3 is 5.21 Å². The summed E-state index contributed by atoms with van der Waals surface area (Å²) in [6, 6.07) is 7.04. The lowest BCUT2D eigenvalue weighted by molar-refractivity contribution is -0.575. The first-order valence-corrected chi connectivity index (χ1v) is 3.79. The minimum Gasteiger partial charge on any atom is -0.617 e. The van der Waals surface area contributed by atoms with Crippen molar-refractivity contribution in [3.8, 4) is 0 Å². The molecule has 0 radical (unpaired) electrons. The van der Waals surface area contributed by atoms with Gasteiger partial charge in [0.1, 0.15) is 11.7 Å². The molecule has 60 valence electrons. The van der Waals surface area contributed by atoms with Gasteiger partial charge in [-0.2, -0.15) is 4.73 Å². The van der Waals surface area contributed by atoms with Crippen LogP contribution < -0.4 is 4.73 Å². The van der Waals surface area contributed by atoms with Gasteiger partial charge in [0.2, 0.25) is 5.52 Å². The van der Waals surface area contributed by atoms with Crippen LogP contribution in [0.1, 0.15) is 0 Å². The van der Waals surface area contributed by atoms with Crippen LogP contribution in [0.2, 0.25) is 5.15 Å². The van der Waals surface area contributed by atoms with Gasteiger partial charge in [-0.05, 0) is 17.7 Å². The molecule has 0 fully saturated rings. The molecule has 0 saturated carbocycles. The second-order valence-corrected chi connectivity index (χ2v) is 2.75. The van der Waals surface area contributed by atoms with Gasteiger partial charge in [0, 0.05) is 6.07 Å². The molecule has 1 aromatic heterocycles. The van der Waals surface area contributed by atoms with Crippen LogP contribution >= 0.6 is 11.6 Å². The lowest BCUT2D eigenvalue weighted by atomic mass is 10.3. The molecule has 0 atom stereocenters. The highest BCUT2D eigenvalue weighted by Gasteiger charge is 2.07. The number of benzene rings is 1. The predicted octanol–water partition coefficient (Wildman–Crippen LogP) is 1.52. The zero-order valence-electron chi connectivity index (χ0n) is 6.07. The highest BCUT2D eigenvalue weighted by Crippen LogP contribution is 2.08. The van der Waals surface area contributed by atoms with Crippen LogP contribution in [0.5, 0.6) is 0 Å². The fourth-order valence-electron chi connectivity index (χ4n) is 1.04. The van der Waals surface area contributed by atoms with Crippen molar-refractivity contribution in [1.29, 1.82) is 0 Å². The van der Waals surface area contributed by atoms with Gasteiger partial charge in [-0.1, -0.05) is 12.1 Å². The quantitative estimate of drug-likeness (QED) is 0.456. The average Bonchev–Trinajstić information content (AvgIpc) is 2.12. The van der Waals surface area contributed by atoms with Crippen molar-refractivity contribution in [3.63, 3.8) is 0 Å². The minimum absolute atomic E-state index is 0.0914. The molecule has 2 rings (SSSR count). The van der Waals surface area contributed by atoms with E-state index in [1.807, 2.05) is 6.07 Å². The Morgan fingerprint density at radius 1 is 1.33 bits per heavy atom. The summed E-state index contributed by atoms with van der Waals surface area (Å²) in [4.78, 5) is 3.99. The second kappa shape index (κ2) is 2.60. The maximum atomic E-state index is 11.3. The monoisotopic (exact) mass is 180 g/mol. The molecule has 1 heterocycles. The smallest absolute Gasteiger partial charge is 0.305 e. The van der Waals surface area contributed by atoms with E-state index >= 15 is 0 Å². The first kappa shape index (κ1) is 7.31. The summed E-state index contributed by atoms with van der Waals surface area (Å²) < 4.78 is 0.657. The molecule has 0 aliphatic rings. The molecule has 0 aliphatic carbocycles. The fraction of sp³-hybridized carbons (Fsp3) is 0. The molecule has 0 aliphatic heterocycles. The van der Waals surface area contributed by atoms with Crippen LogP contribution in [-0.2, 0) is 0 Å². The summed E-state index contributed by atoms with van der Waals surface area (Å²) in [6.45, 7) is 0. The fourth-order valence-corrected chi connectivity index (χ4v) is 1.18. The zero-order valence-corrected chi connectivity index (χ0v) is 6.82. The van der Waals surface area contributed by atoms with E-state index < -0.39 is 0 Å². The van der Waals surface area contributed by atoms with Crippen molar-refractivity contribution in [3.05, 3.63) is 40.8 Å². The third-order valence-corrected chi connectivity index (χ3v) is 1.86. The Morgan fingerprint density at radius 3 is 2.92 bits per heavy atom. The predicted molar refractivity (Wildman–Crippen MR) is 45.7 cm³/mol. The van der Waals surface area contributed by atoms with E-state index in [-0.39, 0.29) is 5.15 Å². The van der Waals surface area contributed by atoms with Crippen LogP contribution in [0, 0.1) is 5.21 Å². The molecule has 0 N–H and O–H groups in total. The van der Waals surface area contributed by atoms with E-state index in [2.05, 4.69) is 4.98 Å². The van der Waals surface area contributed by atoms with Crippen molar-refractivity contribution in [2.75, 3.05) is 0 Å². The van der Waals surface area contributed by atoms with E-state index in [0.717, 1.165) is 0 Å². The summed E-state index contributed by atoms with van der Waals surface area (Å²) in [6.07, 6.45) is 1.34. The number of halogens is 1. The third kappa shape index (κ3) is 0.987. The van der Waals surface area contributed by atoms with Gasteiger partial charge >= 0.3 is 5.15 Å². The van der Waals surface area contributed by atoms with Crippen LogP contribution in [0.25, 0.3) is 11.0 Å². The number of rotatable bonds is 0. The number of aromatic nitrogens is 2. The van der Waals surface area contributed by atoms with E-state index in [1.54, 1.807) is 18.2 Å². The molecule has 12 heavy (non-hydrogen) atoms. The zero-order chi connectivity index (χ0) is 8.55. The molecule has 2 aromatic rings. The van der Waals surface area contributed by atoms with E-state index in [9.17, 15) is 5.21 Å². The summed E-state index contributed by atoms with van der Waals surface area (Å²) in [5.74, 6) is 0. The summed E-state index contributed by atoms with van der Waals surface area (Å²) in [5, 5.41) is 11.4. The van der Waals surface area contributed by atoms with Crippen molar-refractivity contribution < 1.29 is 4.73 Å². The molecule has 4 heteroatoms. The Morgan fingerprint density at radius 2 is 2.08 bits per heavy atom. The highest BCUT2D eigenvalue weighted by molar-refractivity contribution is 6.28. The van der Waals surface area contributed by atoms with E-state index in [1.165, 1.54) is 6.20 Å². The largest absolute Gasteiger partial charge is 0.617 e. The highest BCUT2D eigenvalue weighted by atomic mass is 35.5. The van der Waals surface area contributed by atoms with Crippen LogP contribution in [0.15, 0.2) is 30.5 Å². The standard InChI is InChI=1S/C8H5ClN2O/c9-8-5-10-6-3-1-2-4-7(6)11(8)12/h1-5H. The number of hydrogen-bond donors (Lipinski definition) is 0. The van der Waals surface area contributed by atoms with E-state index in [0.29, 0.717) is 15.8 Å². The van der Waals surface area contributed by atoms with Crippen LogP contribution in [0.4, 0.5) is 0 Å². The minimum atomic E-state index is 0.0914. The molecule has 0 saturated heterocycles. The molecule has 3 nitrogen and oxygen atoms in total. The average molecular weight is 181 g/mol. The number of para-hydroxylation sites is 2. The Hall–Kier alpha value is -1.35. The Kier molecular flexibility index (Phi) is 1.59. The Bertz CT molecular complexity index is 430. The van der Waals surface area contributed by atoms with Crippen molar-refractivity contribution in [1.82, 2.24) is 4.98 Å². The van der Waals surface area contributed by atoms with Crippen molar-refractivity contribution in [2.45, 2.75) is 0 Å². The first-order valence-electron chi connectivity index (χ1n) is 3.42. The van der Waals surface area contributed by atoms with Gasteiger partial charge in [0.15, 0.2) is 0 Å². The number of fused-ring (bicyclic) bond motifs is 1.